The Morgan fingerprint density at radius 1 is 0.933 bits per heavy atom. The fourth-order valence-electron chi connectivity index (χ4n) is 3.18. The molecule has 8 heteroatoms. The average Bonchev–Trinajstić information content (AvgIpc) is 2.80. The normalized spacial score (nSPS) is 13.7. The predicted octanol–water partition coefficient (Wildman–Crippen LogP) is 3.77. The summed E-state index contributed by atoms with van der Waals surface area (Å²) in [6.07, 6.45) is 0.968. The molecule has 0 spiro atoms. The van der Waals surface area contributed by atoms with E-state index in [2.05, 4.69) is 49.5 Å². The number of morpholine rings is 1. The van der Waals surface area contributed by atoms with Crippen molar-refractivity contribution in [1.29, 1.82) is 0 Å². The first-order valence-corrected chi connectivity index (χ1v) is 10.1. The van der Waals surface area contributed by atoms with Crippen molar-refractivity contribution < 1.29 is 9.47 Å². The minimum absolute atomic E-state index is 0.478. The molecule has 0 atom stereocenters. The van der Waals surface area contributed by atoms with Crippen LogP contribution < -0.4 is 20.3 Å². The molecule has 1 saturated heterocycles. The van der Waals surface area contributed by atoms with E-state index in [1.54, 1.807) is 7.11 Å². The van der Waals surface area contributed by atoms with Gasteiger partial charge in [-0.1, -0.05) is 19.1 Å². The highest BCUT2D eigenvalue weighted by Gasteiger charge is 2.17. The standard InChI is InChI=1S/C22H26N6O2/c1-3-16-5-4-6-18(15-16)24-21-25-20(23-17-7-9-19(29-2)10-8-17)26-22(27-21)28-11-13-30-14-12-28/h4-10,15H,3,11-14H2,1-2H3,(H2,23,24,25,26,27). The number of nitrogens with one attached hydrogen (secondary N) is 2. The molecule has 3 aromatic rings. The summed E-state index contributed by atoms with van der Waals surface area (Å²) in [6.45, 7) is 4.95. The number of nitrogens with zero attached hydrogens (tertiary/aromatic N) is 4. The fourth-order valence-corrected chi connectivity index (χ4v) is 3.18. The highest BCUT2D eigenvalue weighted by molar-refractivity contribution is 5.60. The van der Waals surface area contributed by atoms with Crippen molar-refractivity contribution >= 4 is 29.2 Å². The lowest BCUT2D eigenvalue weighted by Crippen LogP contribution is -2.37. The van der Waals surface area contributed by atoms with Crippen molar-refractivity contribution in [2.45, 2.75) is 13.3 Å². The monoisotopic (exact) mass is 406 g/mol. The second kappa shape index (κ2) is 9.41. The van der Waals surface area contributed by atoms with Gasteiger partial charge in [0.2, 0.25) is 17.8 Å². The average molecular weight is 406 g/mol. The largest absolute Gasteiger partial charge is 0.497 e. The second-order valence-electron chi connectivity index (χ2n) is 6.91. The molecule has 0 amide bonds. The molecule has 30 heavy (non-hydrogen) atoms. The number of benzene rings is 2. The summed E-state index contributed by atoms with van der Waals surface area (Å²) in [5.41, 5.74) is 3.07. The van der Waals surface area contributed by atoms with Crippen molar-refractivity contribution in [3.8, 4) is 5.75 Å². The lowest BCUT2D eigenvalue weighted by atomic mass is 10.1. The Balaban J connectivity index is 1.62. The maximum absolute atomic E-state index is 5.46. The maximum Gasteiger partial charge on any atom is 0.233 e. The zero-order valence-corrected chi connectivity index (χ0v) is 17.3. The van der Waals surface area contributed by atoms with Crippen LogP contribution in [0, 0.1) is 0 Å². The van der Waals surface area contributed by atoms with E-state index in [9.17, 15) is 0 Å². The molecule has 8 nitrogen and oxygen atoms in total. The van der Waals surface area contributed by atoms with Crippen LogP contribution in [0.3, 0.4) is 0 Å². The molecule has 1 fully saturated rings. The summed E-state index contributed by atoms with van der Waals surface area (Å²) in [7, 11) is 1.65. The molecule has 1 aromatic heterocycles. The summed E-state index contributed by atoms with van der Waals surface area (Å²) in [5, 5.41) is 6.59. The highest BCUT2D eigenvalue weighted by Crippen LogP contribution is 2.23. The molecule has 1 aliphatic rings. The van der Waals surface area contributed by atoms with Gasteiger partial charge in [0.15, 0.2) is 0 Å². The number of hydrogen-bond acceptors (Lipinski definition) is 8. The molecule has 2 aromatic carbocycles. The molecule has 0 saturated carbocycles. The van der Waals surface area contributed by atoms with Gasteiger partial charge < -0.3 is 25.0 Å². The first-order chi connectivity index (χ1) is 14.7. The zero-order chi connectivity index (χ0) is 20.8. The first kappa shape index (κ1) is 19.9. The number of rotatable bonds is 7. The third-order valence-corrected chi connectivity index (χ3v) is 4.86. The van der Waals surface area contributed by atoms with Gasteiger partial charge in [0.1, 0.15) is 5.75 Å². The molecular weight excluding hydrogens is 380 g/mol. The van der Waals surface area contributed by atoms with Crippen LogP contribution in [-0.2, 0) is 11.2 Å². The van der Waals surface area contributed by atoms with Crippen LogP contribution >= 0.6 is 0 Å². The summed E-state index contributed by atoms with van der Waals surface area (Å²) >= 11 is 0. The Bertz CT molecular complexity index is 974. The van der Waals surface area contributed by atoms with Crippen LogP contribution in [0.4, 0.5) is 29.2 Å². The number of hydrogen-bond donors (Lipinski definition) is 2. The Kier molecular flexibility index (Phi) is 6.24. The van der Waals surface area contributed by atoms with Crippen molar-refractivity contribution in [2.24, 2.45) is 0 Å². The highest BCUT2D eigenvalue weighted by atomic mass is 16.5. The minimum atomic E-state index is 0.478. The van der Waals surface area contributed by atoms with Gasteiger partial charge in [-0.3, -0.25) is 0 Å². The third-order valence-electron chi connectivity index (χ3n) is 4.86. The van der Waals surface area contributed by atoms with Gasteiger partial charge >= 0.3 is 0 Å². The van der Waals surface area contributed by atoms with Crippen LogP contribution in [0.5, 0.6) is 5.75 Å². The van der Waals surface area contributed by atoms with Crippen molar-refractivity contribution in [3.63, 3.8) is 0 Å². The Hall–Kier alpha value is -3.39. The molecule has 1 aliphatic heterocycles. The van der Waals surface area contributed by atoms with E-state index in [1.165, 1.54) is 5.56 Å². The second-order valence-corrected chi connectivity index (χ2v) is 6.91. The van der Waals surface area contributed by atoms with Crippen LogP contribution in [0.1, 0.15) is 12.5 Å². The molecule has 2 heterocycles. The lowest BCUT2D eigenvalue weighted by Gasteiger charge is -2.27. The molecule has 2 N–H and O–H groups in total. The fraction of sp³-hybridized carbons (Fsp3) is 0.318. The number of methoxy groups -OCH3 is 1. The van der Waals surface area contributed by atoms with Crippen molar-refractivity contribution in [1.82, 2.24) is 15.0 Å². The minimum Gasteiger partial charge on any atom is -0.497 e. The first-order valence-electron chi connectivity index (χ1n) is 10.1. The summed E-state index contributed by atoms with van der Waals surface area (Å²) < 4.78 is 10.7. The van der Waals surface area contributed by atoms with Gasteiger partial charge in [-0.2, -0.15) is 15.0 Å². The van der Waals surface area contributed by atoms with Crippen LogP contribution in [0.25, 0.3) is 0 Å². The molecule has 4 rings (SSSR count). The quantitative estimate of drug-likeness (QED) is 0.613. The third kappa shape index (κ3) is 4.96. The molecule has 0 aliphatic carbocycles. The molecule has 0 radical (unpaired) electrons. The van der Waals surface area contributed by atoms with Gasteiger partial charge in [0.25, 0.3) is 0 Å². The SMILES string of the molecule is CCc1cccc(Nc2nc(Nc3ccc(OC)cc3)nc(N3CCOCC3)n2)c1. The summed E-state index contributed by atoms with van der Waals surface area (Å²) in [6, 6.07) is 15.9. The predicted molar refractivity (Wildman–Crippen MR) is 118 cm³/mol. The topological polar surface area (TPSA) is 84.4 Å². The van der Waals surface area contributed by atoms with E-state index >= 15 is 0 Å². The Labute approximate surface area is 176 Å². The van der Waals surface area contributed by atoms with Gasteiger partial charge in [-0.25, -0.2) is 0 Å². The smallest absolute Gasteiger partial charge is 0.233 e. The van der Waals surface area contributed by atoms with Gasteiger partial charge in [-0.05, 0) is 48.4 Å². The van der Waals surface area contributed by atoms with E-state index in [1.807, 2.05) is 36.4 Å². The van der Waals surface area contributed by atoms with E-state index in [0.29, 0.717) is 31.1 Å². The number of ether oxygens (including phenoxy) is 2. The Morgan fingerprint density at radius 2 is 1.63 bits per heavy atom. The Morgan fingerprint density at radius 3 is 2.30 bits per heavy atom. The molecule has 156 valence electrons. The number of aromatic nitrogens is 3. The van der Waals surface area contributed by atoms with E-state index in [0.717, 1.165) is 36.6 Å². The van der Waals surface area contributed by atoms with E-state index in [-0.39, 0.29) is 0 Å². The van der Waals surface area contributed by atoms with Crippen LogP contribution in [0.15, 0.2) is 48.5 Å². The van der Waals surface area contributed by atoms with Crippen LogP contribution in [-0.4, -0.2) is 48.4 Å². The van der Waals surface area contributed by atoms with Crippen LogP contribution in [0.2, 0.25) is 0 Å². The van der Waals surface area contributed by atoms with Crippen molar-refractivity contribution in [3.05, 3.63) is 54.1 Å². The number of anilines is 5. The van der Waals surface area contributed by atoms with Gasteiger partial charge in [0, 0.05) is 24.5 Å². The molecule has 0 unspecified atom stereocenters. The zero-order valence-electron chi connectivity index (χ0n) is 17.3. The van der Waals surface area contributed by atoms with Crippen molar-refractivity contribution in [2.75, 3.05) is 48.9 Å². The molecule has 0 bridgehead atoms. The van der Waals surface area contributed by atoms with Gasteiger partial charge in [-0.15, -0.1) is 0 Å². The van der Waals surface area contributed by atoms with Gasteiger partial charge in [0.05, 0.1) is 20.3 Å². The molecular formula is C22H26N6O2. The number of aryl methyl sites for hydroxylation is 1. The maximum atomic E-state index is 5.46. The van der Waals surface area contributed by atoms with E-state index in [4.69, 9.17) is 9.47 Å². The lowest BCUT2D eigenvalue weighted by molar-refractivity contribution is 0.122. The van der Waals surface area contributed by atoms with E-state index < -0.39 is 0 Å². The summed E-state index contributed by atoms with van der Waals surface area (Å²) in [5.74, 6) is 2.39. The summed E-state index contributed by atoms with van der Waals surface area (Å²) in [4.78, 5) is 16.0.